The van der Waals surface area contributed by atoms with Gasteiger partial charge in [-0.1, -0.05) is 78.6 Å². The van der Waals surface area contributed by atoms with Gasteiger partial charge in [0.1, 0.15) is 0 Å². The zero-order valence-corrected chi connectivity index (χ0v) is 29.6. The smallest absolute Gasteiger partial charge is 0.0866 e. The lowest BCUT2D eigenvalue weighted by atomic mass is 9.97. The summed E-state index contributed by atoms with van der Waals surface area (Å²) in [5.74, 6) is 0. The summed E-state index contributed by atoms with van der Waals surface area (Å²) in [7, 11) is -6.54. The summed E-state index contributed by atoms with van der Waals surface area (Å²) < 4.78 is 26.6. The second-order valence-corrected chi connectivity index (χ2v) is 38.2. The molecule has 36 heavy (non-hydrogen) atoms. The van der Waals surface area contributed by atoms with Crippen LogP contribution < -0.4 is 0 Å². The van der Waals surface area contributed by atoms with Gasteiger partial charge in [-0.2, -0.15) is 0 Å². The predicted octanol–water partition coefficient (Wildman–Crippen LogP) is 6.01. The summed E-state index contributed by atoms with van der Waals surface area (Å²) in [4.78, 5) is 0. The van der Waals surface area contributed by atoms with Crippen LogP contribution in [-0.2, 0) is 18.9 Å². The van der Waals surface area contributed by atoms with Gasteiger partial charge in [0.15, 0.2) is 0 Å². The van der Waals surface area contributed by atoms with Gasteiger partial charge >= 0.3 is 0 Å². The first-order valence-corrected chi connectivity index (χ1v) is 28.4. The molecule has 0 unspecified atom stereocenters. The average Bonchev–Trinajstić information content (AvgIpc) is 3.60. The molecule has 4 rings (SSSR count). The van der Waals surface area contributed by atoms with E-state index in [1.807, 2.05) is 0 Å². The molecule has 4 fully saturated rings. The van der Waals surface area contributed by atoms with Gasteiger partial charge in [0.25, 0.3) is 0 Å². The van der Waals surface area contributed by atoms with Crippen LogP contribution in [0.4, 0.5) is 0 Å². The van der Waals surface area contributed by atoms with Crippen molar-refractivity contribution < 1.29 is 24.1 Å². The third-order valence-corrected chi connectivity index (χ3v) is 23.9. The molecule has 0 aromatic carbocycles. The Morgan fingerprint density at radius 2 is 1.03 bits per heavy atom. The first-order valence-electron chi connectivity index (χ1n) is 14.4. The fourth-order valence-corrected chi connectivity index (χ4v) is 16.0. The molecule has 0 bridgehead atoms. The van der Waals surface area contributed by atoms with Crippen molar-refractivity contribution in [3.05, 3.63) is 0 Å². The summed E-state index contributed by atoms with van der Waals surface area (Å²) in [6, 6.07) is 0. The minimum absolute atomic E-state index is 0.0183. The Bertz CT molecular complexity index is 858. The van der Waals surface area contributed by atoms with Gasteiger partial charge in [0.2, 0.25) is 0 Å². The second-order valence-electron chi connectivity index (χ2n) is 16.7. The minimum atomic E-state index is -1.82. The molecule has 5 nitrogen and oxygen atoms in total. The molecule has 4 heterocycles. The zero-order chi connectivity index (χ0) is 27.4. The average molecular weight is 573 g/mol. The van der Waals surface area contributed by atoms with Crippen molar-refractivity contribution in [2.45, 2.75) is 163 Å². The molecule has 4 saturated heterocycles. The summed E-state index contributed by atoms with van der Waals surface area (Å²) in [5, 5.41) is 10.8. The number of hydrogen-bond donors (Lipinski definition) is 1. The van der Waals surface area contributed by atoms with Crippen LogP contribution in [0.15, 0.2) is 0 Å². The molecule has 4 aliphatic heterocycles. The van der Waals surface area contributed by atoms with Crippen LogP contribution in [0.3, 0.4) is 0 Å². The molecule has 4 aliphatic rings. The van der Waals surface area contributed by atoms with Crippen molar-refractivity contribution in [2.24, 2.45) is 0 Å². The van der Waals surface area contributed by atoms with Crippen LogP contribution in [0, 0.1) is 0 Å². The van der Waals surface area contributed by atoms with Gasteiger partial charge in [-0.05, 0) is 19.8 Å². The van der Waals surface area contributed by atoms with Gasteiger partial charge in [0, 0.05) is 25.9 Å². The maximum absolute atomic E-state index is 11.2. The number of hydrogen-bond acceptors (Lipinski definition) is 5. The number of rotatable bonds is 10. The number of aliphatic hydroxyl groups is 1. The Hall–Kier alpha value is 0.668. The molecule has 0 spiro atoms. The lowest BCUT2D eigenvalue weighted by Gasteiger charge is -2.49. The van der Waals surface area contributed by atoms with Crippen LogP contribution in [0.5, 0.6) is 0 Å². The number of ether oxygens (including phenoxy) is 4. The molecule has 1 N–H and O–H groups in total. The fraction of sp³-hybridized carbons (Fsp3) is 1.00. The van der Waals surface area contributed by atoms with Gasteiger partial charge < -0.3 is 24.1 Å². The van der Waals surface area contributed by atoms with Gasteiger partial charge in [-0.15, -0.1) is 0 Å². The molecule has 0 amide bonds. The third kappa shape index (κ3) is 4.58. The van der Waals surface area contributed by atoms with Crippen molar-refractivity contribution >= 4 is 32.3 Å². The van der Waals surface area contributed by atoms with Gasteiger partial charge in [-0.3, -0.25) is 0 Å². The molecule has 8 atom stereocenters. The van der Waals surface area contributed by atoms with Crippen LogP contribution in [0.1, 0.15) is 39.0 Å². The molecule has 0 aromatic heterocycles. The normalized spacial score (nSPS) is 45.5. The molecule has 0 aromatic rings. The molecule has 210 valence electrons. The van der Waals surface area contributed by atoms with E-state index < -0.39 is 37.5 Å². The first-order chi connectivity index (χ1) is 16.1. The maximum atomic E-state index is 11.2. The molecular weight excluding hydrogens is 517 g/mol. The van der Waals surface area contributed by atoms with Crippen LogP contribution in [0.2, 0.25) is 78.6 Å². The summed E-state index contributed by atoms with van der Waals surface area (Å²) >= 11 is 0. The van der Waals surface area contributed by atoms with E-state index in [4.69, 9.17) is 18.9 Å². The Labute approximate surface area is 225 Å². The van der Waals surface area contributed by atoms with Gasteiger partial charge in [0.05, 0.1) is 77.6 Å². The van der Waals surface area contributed by atoms with Crippen molar-refractivity contribution in [3.8, 4) is 0 Å². The summed E-state index contributed by atoms with van der Waals surface area (Å²) in [5.41, 5.74) is 0. The quantitative estimate of drug-likeness (QED) is 0.257. The monoisotopic (exact) mass is 572 g/mol. The highest BCUT2D eigenvalue weighted by atomic mass is 28.3. The van der Waals surface area contributed by atoms with Crippen molar-refractivity contribution in [1.82, 2.24) is 0 Å². The highest BCUT2D eigenvalue weighted by Gasteiger charge is 2.75. The lowest BCUT2D eigenvalue weighted by molar-refractivity contribution is -0.116. The van der Waals surface area contributed by atoms with E-state index in [0.717, 1.165) is 38.7 Å². The molecule has 0 radical (unpaired) electrons. The molecule has 0 aliphatic carbocycles. The van der Waals surface area contributed by atoms with Crippen molar-refractivity contribution in [2.75, 3.05) is 6.61 Å². The van der Waals surface area contributed by atoms with Crippen LogP contribution >= 0.6 is 0 Å². The van der Waals surface area contributed by atoms with Crippen molar-refractivity contribution in [1.29, 1.82) is 0 Å². The largest absolute Gasteiger partial charge is 0.390 e. The highest BCUT2D eigenvalue weighted by Crippen LogP contribution is 2.61. The Kier molecular flexibility index (Phi) is 7.07. The SMILES string of the molecule is C[C@@]1([Si](C)(C)C)O[C@@H]1C[C@@]1([Si](C)(C)C)O[C@@H]1C[C@@]1([Si](C)(C)C)O[C@@H]1C[C@]1([Si](C)(C)C)OCCC[C@H]1O. The first kappa shape index (κ1) is 29.6. The Morgan fingerprint density at radius 3 is 1.39 bits per heavy atom. The van der Waals surface area contributed by atoms with Crippen LogP contribution in [-0.4, -0.2) is 89.3 Å². The van der Waals surface area contributed by atoms with E-state index in [1.54, 1.807) is 0 Å². The van der Waals surface area contributed by atoms with E-state index >= 15 is 0 Å². The predicted molar refractivity (Wildman–Crippen MR) is 160 cm³/mol. The van der Waals surface area contributed by atoms with E-state index in [2.05, 4.69) is 85.5 Å². The van der Waals surface area contributed by atoms with E-state index in [0.29, 0.717) is 6.10 Å². The molecular formula is C27H56O5Si4. The van der Waals surface area contributed by atoms with Crippen LogP contribution in [0.25, 0.3) is 0 Å². The minimum Gasteiger partial charge on any atom is -0.390 e. The fourth-order valence-electron chi connectivity index (χ4n) is 7.21. The molecule has 0 saturated carbocycles. The number of aliphatic hydroxyl groups excluding tert-OH is 1. The second kappa shape index (κ2) is 8.58. The topological polar surface area (TPSA) is 67.0 Å². The third-order valence-electron chi connectivity index (χ3n) is 10.9. The van der Waals surface area contributed by atoms with Crippen molar-refractivity contribution in [3.63, 3.8) is 0 Å². The highest BCUT2D eigenvalue weighted by molar-refractivity contribution is 6.81. The lowest BCUT2D eigenvalue weighted by Crippen LogP contribution is -2.64. The maximum Gasteiger partial charge on any atom is 0.0866 e. The zero-order valence-electron chi connectivity index (χ0n) is 25.6. The van der Waals surface area contributed by atoms with E-state index in [9.17, 15) is 5.11 Å². The van der Waals surface area contributed by atoms with E-state index in [-0.39, 0.29) is 34.0 Å². The number of epoxide rings is 3. The van der Waals surface area contributed by atoms with E-state index in [1.165, 1.54) is 0 Å². The van der Waals surface area contributed by atoms with Gasteiger partial charge in [-0.25, -0.2) is 0 Å². The summed E-state index contributed by atoms with van der Waals surface area (Å²) in [6.45, 7) is 32.2. The summed E-state index contributed by atoms with van der Waals surface area (Å²) in [6.07, 6.45) is 5.04. The molecule has 9 heteroatoms. The standard InChI is InChI=1S/C27H56O5Si4/c1-24(33(2,3)4)21(30-24)17-26(35(8,9)10)23(32-26)19-27(36(11,12)13)22(31-27)18-25(34(5,6)7)20(28)15-14-16-29-25/h20-23,28H,14-19H2,1-13H3/t20-,21-,22-,23-,24+,25-,26+,27+/m1/s1. The Morgan fingerprint density at radius 1 is 0.611 bits per heavy atom. The Balaban J connectivity index is 1.54.